The van der Waals surface area contributed by atoms with Gasteiger partial charge < -0.3 is 5.32 Å². The zero-order valence-corrected chi connectivity index (χ0v) is 11.0. The van der Waals surface area contributed by atoms with Crippen molar-refractivity contribution in [2.75, 3.05) is 4.90 Å². The molecule has 1 N–H and O–H groups in total. The molecule has 98 valence electrons. The fraction of sp³-hybridized carbons (Fsp3) is 0.583. The van der Waals surface area contributed by atoms with Crippen molar-refractivity contribution in [1.82, 2.24) is 15.1 Å². The third-order valence-corrected chi connectivity index (χ3v) is 3.09. The number of carbonyl (C=O) groups excluding carboxylic acids is 2. The second-order valence-corrected chi connectivity index (χ2v) is 4.97. The highest BCUT2D eigenvalue weighted by atomic mass is 16.2. The smallest absolute Gasteiger partial charge is 0.251 e. The Kier molecular flexibility index (Phi) is 3.11. The Morgan fingerprint density at radius 2 is 2.06 bits per heavy atom. The van der Waals surface area contributed by atoms with Gasteiger partial charge in [-0.05, 0) is 12.8 Å². The summed E-state index contributed by atoms with van der Waals surface area (Å²) < 4.78 is 1.62. The topological polar surface area (TPSA) is 67.2 Å². The largest absolute Gasteiger partial charge is 0.343 e. The zero-order chi connectivity index (χ0) is 13.4. The monoisotopic (exact) mass is 250 g/mol. The van der Waals surface area contributed by atoms with Gasteiger partial charge in [-0.2, -0.15) is 5.10 Å². The molecule has 0 aromatic carbocycles. The average molecular weight is 250 g/mol. The molecule has 2 atom stereocenters. The van der Waals surface area contributed by atoms with Crippen molar-refractivity contribution in [3.8, 4) is 0 Å². The molecule has 0 aliphatic carbocycles. The minimum atomic E-state index is -0.505. The lowest BCUT2D eigenvalue weighted by Crippen LogP contribution is -2.64. The lowest BCUT2D eigenvalue weighted by molar-refractivity contribution is -0.134. The lowest BCUT2D eigenvalue weighted by Gasteiger charge is -2.38. The average Bonchev–Trinajstić information content (AvgIpc) is 2.69. The Balaban J connectivity index is 2.43. The number of hydrogen-bond acceptors (Lipinski definition) is 3. The van der Waals surface area contributed by atoms with Crippen LogP contribution in [0.1, 0.15) is 20.8 Å². The quantitative estimate of drug-likeness (QED) is 0.820. The van der Waals surface area contributed by atoms with E-state index >= 15 is 0 Å². The van der Waals surface area contributed by atoms with Gasteiger partial charge >= 0.3 is 0 Å². The lowest BCUT2D eigenvalue weighted by atomic mass is 9.97. The van der Waals surface area contributed by atoms with Gasteiger partial charge in [0.05, 0.1) is 0 Å². The minimum absolute atomic E-state index is 0.0310. The van der Waals surface area contributed by atoms with Crippen molar-refractivity contribution in [1.29, 1.82) is 0 Å². The van der Waals surface area contributed by atoms with Crippen molar-refractivity contribution < 1.29 is 9.59 Å². The van der Waals surface area contributed by atoms with E-state index in [4.69, 9.17) is 0 Å². The first-order valence-electron chi connectivity index (χ1n) is 6.05. The van der Waals surface area contributed by atoms with Gasteiger partial charge in [0.15, 0.2) is 5.82 Å². The predicted octanol–water partition coefficient (Wildman–Crippen LogP) is 0.296. The van der Waals surface area contributed by atoms with E-state index in [2.05, 4.69) is 10.4 Å². The number of nitrogens with one attached hydrogen (secondary N) is 1. The van der Waals surface area contributed by atoms with E-state index in [9.17, 15) is 9.59 Å². The zero-order valence-electron chi connectivity index (χ0n) is 11.0. The van der Waals surface area contributed by atoms with Gasteiger partial charge in [-0.25, -0.2) is 0 Å². The van der Waals surface area contributed by atoms with Crippen LogP contribution in [0.25, 0.3) is 0 Å². The first-order valence-corrected chi connectivity index (χ1v) is 6.05. The standard InChI is InChI=1S/C12H18N4O2/c1-7(2)10-11(17)13-8(3)12(18)16(10)9-5-6-15(4)14-9/h5-8,10H,1-4H3,(H,13,17). The van der Waals surface area contributed by atoms with Crippen LogP contribution in [0.4, 0.5) is 5.82 Å². The first kappa shape index (κ1) is 12.6. The fourth-order valence-electron chi connectivity index (χ4n) is 2.21. The molecule has 6 heteroatoms. The van der Waals surface area contributed by atoms with Crippen LogP contribution < -0.4 is 10.2 Å². The molecule has 0 bridgehead atoms. The molecule has 2 amide bonds. The van der Waals surface area contributed by atoms with Crippen LogP contribution in [0.2, 0.25) is 0 Å². The molecule has 18 heavy (non-hydrogen) atoms. The van der Waals surface area contributed by atoms with Crippen LogP contribution in [0.15, 0.2) is 12.3 Å². The maximum atomic E-state index is 12.3. The van der Waals surface area contributed by atoms with Crippen LogP contribution in [-0.2, 0) is 16.6 Å². The normalized spacial score (nSPS) is 24.6. The molecule has 1 aromatic heterocycles. The highest BCUT2D eigenvalue weighted by Gasteiger charge is 2.41. The Labute approximate surface area is 106 Å². The molecule has 6 nitrogen and oxygen atoms in total. The molecule has 1 fully saturated rings. The van der Waals surface area contributed by atoms with E-state index in [1.165, 1.54) is 4.90 Å². The SMILES string of the molecule is CC1NC(=O)C(C(C)C)N(c2ccn(C)n2)C1=O. The van der Waals surface area contributed by atoms with Crippen LogP contribution in [0.3, 0.4) is 0 Å². The molecule has 0 saturated carbocycles. The van der Waals surface area contributed by atoms with Gasteiger partial charge in [-0.1, -0.05) is 13.8 Å². The fourth-order valence-corrected chi connectivity index (χ4v) is 2.21. The Bertz CT molecular complexity index is 480. The Morgan fingerprint density at radius 1 is 1.39 bits per heavy atom. The summed E-state index contributed by atoms with van der Waals surface area (Å²) in [5.41, 5.74) is 0. The van der Waals surface area contributed by atoms with Gasteiger partial charge in [0.2, 0.25) is 5.91 Å². The van der Waals surface area contributed by atoms with E-state index in [1.807, 2.05) is 13.8 Å². The van der Waals surface area contributed by atoms with Gasteiger partial charge in [-0.3, -0.25) is 19.2 Å². The second-order valence-electron chi connectivity index (χ2n) is 4.97. The van der Waals surface area contributed by atoms with E-state index in [-0.39, 0.29) is 17.7 Å². The second kappa shape index (κ2) is 4.44. The van der Waals surface area contributed by atoms with Crippen LogP contribution in [-0.4, -0.2) is 33.7 Å². The number of carbonyl (C=O) groups is 2. The van der Waals surface area contributed by atoms with E-state index in [0.29, 0.717) is 5.82 Å². The summed E-state index contributed by atoms with van der Waals surface area (Å²) in [5, 5.41) is 6.93. The third kappa shape index (κ3) is 1.98. The molecule has 0 spiro atoms. The minimum Gasteiger partial charge on any atom is -0.343 e. The van der Waals surface area contributed by atoms with Crippen molar-refractivity contribution >= 4 is 17.6 Å². The molecule has 2 heterocycles. The summed E-state index contributed by atoms with van der Waals surface area (Å²) in [6.07, 6.45) is 1.76. The summed E-state index contributed by atoms with van der Waals surface area (Å²) in [5.74, 6) is 0.320. The van der Waals surface area contributed by atoms with E-state index in [1.54, 1.807) is 30.9 Å². The number of anilines is 1. The van der Waals surface area contributed by atoms with Crippen molar-refractivity contribution in [2.24, 2.45) is 13.0 Å². The first-order chi connectivity index (χ1) is 8.41. The van der Waals surface area contributed by atoms with Gasteiger partial charge in [0.25, 0.3) is 5.91 Å². The molecule has 1 aliphatic rings. The number of aryl methyl sites for hydroxylation is 1. The van der Waals surface area contributed by atoms with Crippen LogP contribution in [0.5, 0.6) is 0 Å². The third-order valence-electron chi connectivity index (χ3n) is 3.09. The number of nitrogens with zero attached hydrogens (tertiary/aromatic N) is 3. The van der Waals surface area contributed by atoms with Crippen molar-refractivity contribution in [3.63, 3.8) is 0 Å². The van der Waals surface area contributed by atoms with E-state index in [0.717, 1.165) is 0 Å². The molecule has 2 unspecified atom stereocenters. The molecule has 0 radical (unpaired) electrons. The van der Waals surface area contributed by atoms with Gasteiger partial charge in [-0.15, -0.1) is 0 Å². The highest BCUT2D eigenvalue weighted by Crippen LogP contribution is 2.23. The summed E-state index contributed by atoms with van der Waals surface area (Å²) in [4.78, 5) is 25.8. The maximum absolute atomic E-state index is 12.3. The Hall–Kier alpha value is -1.85. The molecular formula is C12H18N4O2. The van der Waals surface area contributed by atoms with Crippen LogP contribution >= 0.6 is 0 Å². The molecule has 1 saturated heterocycles. The summed E-state index contributed by atoms with van der Waals surface area (Å²) >= 11 is 0. The molecule has 2 rings (SSSR count). The van der Waals surface area contributed by atoms with Gasteiger partial charge in [0, 0.05) is 19.3 Å². The van der Waals surface area contributed by atoms with Crippen molar-refractivity contribution in [3.05, 3.63) is 12.3 Å². The summed E-state index contributed by atoms with van der Waals surface area (Å²) in [7, 11) is 1.78. The Morgan fingerprint density at radius 3 is 2.56 bits per heavy atom. The molecular weight excluding hydrogens is 232 g/mol. The molecule has 1 aromatic rings. The number of amides is 2. The predicted molar refractivity (Wildman–Crippen MR) is 66.9 cm³/mol. The maximum Gasteiger partial charge on any atom is 0.251 e. The van der Waals surface area contributed by atoms with Crippen LogP contribution in [0, 0.1) is 5.92 Å². The number of hydrogen-bond donors (Lipinski definition) is 1. The summed E-state index contributed by atoms with van der Waals surface area (Å²) in [6, 6.07) is 0.747. The molecule has 1 aliphatic heterocycles. The number of piperazine rings is 1. The number of rotatable bonds is 2. The number of aromatic nitrogens is 2. The summed E-state index contributed by atoms with van der Waals surface area (Å²) in [6.45, 7) is 5.53. The highest BCUT2D eigenvalue weighted by molar-refractivity contribution is 6.07. The van der Waals surface area contributed by atoms with Gasteiger partial charge in [0.1, 0.15) is 12.1 Å². The van der Waals surface area contributed by atoms with Crippen molar-refractivity contribution in [2.45, 2.75) is 32.9 Å². The van der Waals surface area contributed by atoms with E-state index < -0.39 is 12.1 Å².